The van der Waals surface area contributed by atoms with Crippen molar-refractivity contribution < 1.29 is 9.53 Å². The Hall–Kier alpha value is -1.08. The van der Waals surface area contributed by atoms with Gasteiger partial charge in [0, 0.05) is 20.6 Å². The number of nitrogens with one attached hydrogen (secondary N) is 1. The summed E-state index contributed by atoms with van der Waals surface area (Å²) in [7, 11) is 1.53. The van der Waals surface area contributed by atoms with Crippen LogP contribution in [0.15, 0.2) is 0 Å². The van der Waals surface area contributed by atoms with Crippen molar-refractivity contribution in [1.82, 2.24) is 5.32 Å². The molecule has 0 aromatic rings. The maximum absolute atomic E-state index is 10.4. The van der Waals surface area contributed by atoms with Crippen molar-refractivity contribution in [3.8, 4) is 6.07 Å². The van der Waals surface area contributed by atoms with Gasteiger partial charge in [-0.15, -0.1) is 0 Å². The molecule has 0 aliphatic heterocycles. The van der Waals surface area contributed by atoms with Crippen LogP contribution in [0.2, 0.25) is 0 Å². The van der Waals surface area contributed by atoms with Gasteiger partial charge in [-0.25, -0.2) is 0 Å². The lowest BCUT2D eigenvalue weighted by Gasteiger charge is -2.06. The van der Waals surface area contributed by atoms with Crippen molar-refractivity contribution in [3.05, 3.63) is 0 Å². The Morgan fingerprint density at radius 3 is 2.82 bits per heavy atom. The zero-order valence-corrected chi connectivity index (χ0v) is 6.76. The van der Waals surface area contributed by atoms with E-state index in [0.29, 0.717) is 13.2 Å². The summed E-state index contributed by atoms with van der Waals surface area (Å²) in [4.78, 5) is 10.4. The lowest BCUT2D eigenvalue weighted by Crippen LogP contribution is -2.28. The van der Waals surface area contributed by atoms with E-state index in [1.54, 1.807) is 0 Å². The van der Waals surface area contributed by atoms with E-state index in [0.717, 1.165) is 0 Å². The number of amides is 1. The predicted molar refractivity (Wildman–Crippen MR) is 39.7 cm³/mol. The predicted octanol–water partition coefficient (Wildman–Crippen LogP) is -0.0913. The molecule has 1 amide bonds. The highest BCUT2D eigenvalue weighted by Gasteiger charge is 2.06. The van der Waals surface area contributed by atoms with E-state index in [-0.39, 0.29) is 11.8 Å². The second kappa shape index (κ2) is 5.69. The zero-order chi connectivity index (χ0) is 8.69. The van der Waals surface area contributed by atoms with Gasteiger partial charge in [0.15, 0.2) is 0 Å². The average molecular weight is 156 g/mol. The fraction of sp³-hybridized carbons (Fsp3) is 0.714. The van der Waals surface area contributed by atoms with Gasteiger partial charge in [-0.05, 0) is 0 Å². The van der Waals surface area contributed by atoms with Gasteiger partial charge in [0.05, 0.1) is 18.6 Å². The van der Waals surface area contributed by atoms with Crippen molar-refractivity contribution in [3.63, 3.8) is 0 Å². The van der Waals surface area contributed by atoms with Gasteiger partial charge in [0.25, 0.3) is 0 Å². The van der Waals surface area contributed by atoms with Gasteiger partial charge in [-0.3, -0.25) is 4.79 Å². The Balaban J connectivity index is 3.54. The molecule has 0 spiro atoms. The molecule has 0 aromatic heterocycles. The maximum Gasteiger partial charge on any atom is 0.216 e. The lowest BCUT2D eigenvalue weighted by molar-refractivity contribution is -0.119. The zero-order valence-electron chi connectivity index (χ0n) is 6.76. The van der Waals surface area contributed by atoms with E-state index in [1.165, 1.54) is 14.0 Å². The number of hydrogen-bond donors (Lipinski definition) is 1. The third-order valence-corrected chi connectivity index (χ3v) is 1.15. The molecular weight excluding hydrogens is 144 g/mol. The molecule has 0 bridgehead atoms. The normalized spacial score (nSPS) is 11.7. The first-order valence-corrected chi connectivity index (χ1v) is 3.33. The molecule has 4 nitrogen and oxygen atoms in total. The molecule has 0 aliphatic rings. The van der Waals surface area contributed by atoms with E-state index < -0.39 is 0 Å². The second-order valence-corrected chi connectivity index (χ2v) is 2.22. The van der Waals surface area contributed by atoms with Gasteiger partial charge in [-0.1, -0.05) is 0 Å². The SMILES string of the molecule is COCC(C#N)CNC(C)=O. The molecule has 0 saturated carbocycles. The summed E-state index contributed by atoms with van der Waals surface area (Å²) in [6, 6.07) is 2.02. The van der Waals surface area contributed by atoms with E-state index in [9.17, 15) is 4.79 Å². The van der Waals surface area contributed by atoms with Crippen LogP contribution in [0.4, 0.5) is 0 Å². The van der Waals surface area contributed by atoms with Crippen LogP contribution in [0.3, 0.4) is 0 Å². The summed E-state index contributed by atoms with van der Waals surface area (Å²) in [6.45, 7) is 2.14. The molecule has 0 saturated heterocycles. The van der Waals surface area contributed by atoms with Crippen LogP contribution >= 0.6 is 0 Å². The van der Waals surface area contributed by atoms with Crippen molar-refractivity contribution in [2.45, 2.75) is 6.92 Å². The molecule has 1 N–H and O–H groups in total. The topological polar surface area (TPSA) is 62.1 Å². The molecule has 1 atom stereocenters. The largest absolute Gasteiger partial charge is 0.383 e. The van der Waals surface area contributed by atoms with Gasteiger partial charge in [0.1, 0.15) is 0 Å². The van der Waals surface area contributed by atoms with Crippen molar-refractivity contribution >= 4 is 5.91 Å². The molecular formula is C7H12N2O2. The van der Waals surface area contributed by atoms with Crippen molar-refractivity contribution in [2.75, 3.05) is 20.3 Å². The molecule has 0 rings (SSSR count). The number of nitriles is 1. The lowest BCUT2D eigenvalue weighted by atomic mass is 10.2. The monoisotopic (exact) mass is 156 g/mol. The van der Waals surface area contributed by atoms with Crippen LogP contribution in [0.5, 0.6) is 0 Å². The first kappa shape index (κ1) is 9.92. The number of methoxy groups -OCH3 is 1. The van der Waals surface area contributed by atoms with Gasteiger partial charge < -0.3 is 10.1 Å². The summed E-state index contributed by atoms with van der Waals surface area (Å²) in [6.07, 6.45) is 0. The minimum Gasteiger partial charge on any atom is -0.383 e. The Morgan fingerprint density at radius 1 is 1.82 bits per heavy atom. The van der Waals surface area contributed by atoms with E-state index in [4.69, 9.17) is 10.00 Å². The Labute approximate surface area is 66.1 Å². The Kier molecular flexibility index (Phi) is 5.13. The van der Waals surface area contributed by atoms with Crippen LogP contribution < -0.4 is 5.32 Å². The summed E-state index contributed by atoms with van der Waals surface area (Å²) in [5.41, 5.74) is 0. The Morgan fingerprint density at radius 2 is 2.45 bits per heavy atom. The molecule has 0 aromatic carbocycles. The first-order chi connectivity index (χ1) is 5.20. The summed E-state index contributed by atoms with van der Waals surface area (Å²) >= 11 is 0. The van der Waals surface area contributed by atoms with Crippen LogP contribution in [0.1, 0.15) is 6.92 Å². The van der Waals surface area contributed by atoms with Gasteiger partial charge >= 0.3 is 0 Å². The average Bonchev–Trinajstić information content (AvgIpc) is 1.97. The molecule has 0 fully saturated rings. The second-order valence-electron chi connectivity index (χ2n) is 2.22. The molecule has 4 heteroatoms. The van der Waals surface area contributed by atoms with Crippen molar-refractivity contribution in [1.29, 1.82) is 5.26 Å². The number of nitrogens with zero attached hydrogens (tertiary/aromatic N) is 1. The summed E-state index contributed by atoms with van der Waals surface area (Å²) < 4.78 is 4.75. The van der Waals surface area contributed by atoms with Gasteiger partial charge in [0.2, 0.25) is 5.91 Å². The van der Waals surface area contributed by atoms with Crippen LogP contribution in [0, 0.1) is 17.2 Å². The highest BCUT2D eigenvalue weighted by Crippen LogP contribution is 1.91. The fourth-order valence-corrected chi connectivity index (χ4v) is 0.610. The molecule has 0 heterocycles. The summed E-state index contributed by atoms with van der Waals surface area (Å²) in [5.74, 6) is -0.370. The van der Waals surface area contributed by atoms with Crippen LogP contribution in [-0.4, -0.2) is 26.2 Å². The minimum absolute atomic E-state index is 0.124. The van der Waals surface area contributed by atoms with Gasteiger partial charge in [-0.2, -0.15) is 5.26 Å². The van der Waals surface area contributed by atoms with Crippen molar-refractivity contribution in [2.24, 2.45) is 5.92 Å². The Bertz CT molecular complexity index is 162. The molecule has 1 unspecified atom stereocenters. The highest BCUT2D eigenvalue weighted by atomic mass is 16.5. The number of hydrogen-bond acceptors (Lipinski definition) is 3. The number of ether oxygens (including phenoxy) is 1. The highest BCUT2D eigenvalue weighted by molar-refractivity contribution is 5.72. The summed E-state index contributed by atoms with van der Waals surface area (Å²) in [5, 5.41) is 11.0. The van der Waals surface area contributed by atoms with E-state index in [2.05, 4.69) is 5.32 Å². The maximum atomic E-state index is 10.4. The minimum atomic E-state index is -0.246. The first-order valence-electron chi connectivity index (χ1n) is 3.33. The third kappa shape index (κ3) is 5.37. The quantitative estimate of drug-likeness (QED) is 0.618. The number of carbonyl (C=O) groups is 1. The number of carbonyl (C=O) groups excluding carboxylic acids is 1. The smallest absolute Gasteiger partial charge is 0.216 e. The third-order valence-electron chi connectivity index (χ3n) is 1.15. The van der Waals surface area contributed by atoms with Crippen LogP contribution in [0.25, 0.3) is 0 Å². The number of rotatable bonds is 4. The molecule has 0 aliphatic carbocycles. The molecule has 11 heavy (non-hydrogen) atoms. The molecule has 0 radical (unpaired) electrons. The standard InChI is InChI=1S/C7H12N2O2/c1-6(10)9-4-7(3-8)5-11-2/h7H,4-5H2,1-2H3,(H,9,10). The fourth-order valence-electron chi connectivity index (χ4n) is 0.610. The molecule has 62 valence electrons. The van der Waals surface area contributed by atoms with Crippen LogP contribution in [-0.2, 0) is 9.53 Å². The van der Waals surface area contributed by atoms with E-state index >= 15 is 0 Å². The van der Waals surface area contributed by atoms with E-state index in [1.807, 2.05) is 6.07 Å².